The second-order valence-electron chi connectivity index (χ2n) is 6.49. The van der Waals surface area contributed by atoms with Gasteiger partial charge in [-0.05, 0) is 43.6 Å². The van der Waals surface area contributed by atoms with Crippen LogP contribution in [-0.4, -0.2) is 5.91 Å². The Bertz CT molecular complexity index is 578. The van der Waals surface area contributed by atoms with E-state index < -0.39 is 0 Å². The van der Waals surface area contributed by atoms with Crippen LogP contribution in [0.4, 0.5) is 5.00 Å². The molecule has 1 fully saturated rings. The number of nitrogens with one attached hydrogen (secondary N) is 1. The molecule has 4 heteroatoms. The molecule has 0 aliphatic heterocycles. The van der Waals surface area contributed by atoms with E-state index in [0.29, 0.717) is 5.92 Å². The Morgan fingerprint density at radius 3 is 2.76 bits per heavy atom. The summed E-state index contributed by atoms with van der Waals surface area (Å²) in [6.45, 7) is 2.24. The molecule has 1 saturated carbocycles. The number of carbonyl (C=O) groups excluding carboxylic acids is 1. The van der Waals surface area contributed by atoms with Gasteiger partial charge in [0.1, 0.15) is 11.1 Å². The number of fused-ring (bicyclic) bond motifs is 1. The van der Waals surface area contributed by atoms with Gasteiger partial charge in [0.15, 0.2) is 0 Å². The average Bonchev–Trinajstić information content (AvgIpc) is 2.84. The van der Waals surface area contributed by atoms with Crippen LogP contribution in [0.1, 0.15) is 61.5 Å². The van der Waals surface area contributed by atoms with E-state index >= 15 is 0 Å². The number of aryl methyl sites for hydroxylation is 1. The van der Waals surface area contributed by atoms with E-state index in [-0.39, 0.29) is 11.8 Å². The number of carbonyl (C=O) groups is 1. The zero-order valence-corrected chi connectivity index (χ0v) is 13.4. The molecule has 3 rings (SSSR count). The van der Waals surface area contributed by atoms with Gasteiger partial charge in [0.2, 0.25) is 5.91 Å². The Balaban J connectivity index is 1.79. The molecule has 0 radical (unpaired) electrons. The Hall–Kier alpha value is -1.34. The lowest BCUT2D eigenvalue weighted by molar-refractivity contribution is -0.120. The van der Waals surface area contributed by atoms with E-state index in [9.17, 15) is 10.1 Å². The first-order valence-corrected chi connectivity index (χ1v) is 8.86. The van der Waals surface area contributed by atoms with Gasteiger partial charge in [0.25, 0.3) is 0 Å². The van der Waals surface area contributed by atoms with Gasteiger partial charge in [-0.25, -0.2) is 0 Å². The minimum atomic E-state index is 0.123. The lowest BCUT2D eigenvalue weighted by Gasteiger charge is -2.20. The third-order valence-electron chi connectivity index (χ3n) is 4.83. The van der Waals surface area contributed by atoms with Crippen LogP contribution in [0.5, 0.6) is 0 Å². The number of hydrogen-bond acceptors (Lipinski definition) is 3. The van der Waals surface area contributed by atoms with Crippen molar-refractivity contribution in [1.29, 1.82) is 5.26 Å². The van der Waals surface area contributed by atoms with Crippen molar-refractivity contribution in [2.45, 2.75) is 58.3 Å². The Kier molecular flexibility index (Phi) is 4.30. The maximum atomic E-state index is 12.4. The van der Waals surface area contributed by atoms with Crippen molar-refractivity contribution in [3.63, 3.8) is 0 Å². The fourth-order valence-electron chi connectivity index (χ4n) is 3.54. The average molecular weight is 302 g/mol. The molecule has 0 bridgehead atoms. The first-order valence-electron chi connectivity index (χ1n) is 8.04. The number of nitriles is 1. The molecule has 0 saturated heterocycles. The van der Waals surface area contributed by atoms with E-state index in [1.807, 2.05) is 0 Å². The van der Waals surface area contributed by atoms with Crippen molar-refractivity contribution in [1.82, 2.24) is 0 Å². The van der Waals surface area contributed by atoms with Crippen LogP contribution in [-0.2, 0) is 17.6 Å². The third-order valence-corrected chi connectivity index (χ3v) is 6.04. The number of amides is 1. The minimum Gasteiger partial charge on any atom is -0.316 e. The van der Waals surface area contributed by atoms with Crippen molar-refractivity contribution < 1.29 is 4.79 Å². The SMILES string of the molecule is CC1CCc2sc(NC(=O)C3CCCCC3)c(C#N)c2C1. The number of nitrogens with zero attached hydrogens (tertiary/aromatic N) is 1. The summed E-state index contributed by atoms with van der Waals surface area (Å²) < 4.78 is 0. The predicted molar refractivity (Wildman–Crippen MR) is 85.4 cm³/mol. The summed E-state index contributed by atoms with van der Waals surface area (Å²) in [5.74, 6) is 0.905. The summed E-state index contributed by atoms with van der Waals surface area (Å²) in [6.07, 6.45) is 8.77. The molecular formula is C17H22N2OS. The highest BCUT2D eigenvalue weighted by Gasteiger charge is 2.27. The van der Waals surface area contributed by atoms with E-state index in [2.05, 4.69) is 18.3 Å². The minimum absolute atomic E-state index is 0.123. The predicted octanol–water partition coefficient (Wildman–Crippen LogP) is 4.26. The fourth-order valence-corrected chi connectivity index (χ4v) is 4.74. The Labute approximate surface area is 130 Å². The maximum absolute atomic E-state index is 12.4. The normalized spacial score (nSPS) is 22.4. The largest absolute Gasteiger partial charge is 0.316 e. The summed E-state index contributed by atoms with van der Waals surface area (Å²) in [5.41, 5.74) is 1.92. The molecule has 2 aliphatic carbocycles. The van der Waals surface area contributed by atoms with Crippen molar-refractivity contribution >= 4 is 22.2 Å². The van der Waals surface area contributed by atoms with Crippen LogP contribution in [0.15, 0.2) is 0 Å². The van der Waals surface area contributed by atoms with Crippen LogP contribution in [0.2, 0.25) is 0 Å². The number of hydrogen-bond donors (Lipinski definition) is 1. The van der Waals surface area contributed by atoms with Gasteiger partial charge in [-0.2, -0.15) is 5.26 Å². The van der Waals surface area contributed by atoms with Gasteiger partial charge in [-0.15, -0.1) is 11.3 Å². The molecule has 1 N–H and O–H groups in total. The van der Waals surface area contributed by atoms with Crippen LogP contribution in [0, 0.1) is 23.2 Å². The summed E-state index contributed by atoms with van der Waals surface area (Å²) >= 11 is 1.63. The van der Waals surface area contributed by atoms with Crippen LogP contribution < -0.4 is 5.32 Å². The molecule has 1 unspecified atom stereocenters. The highest BCUT2D eigenvalue weighted by Crippen LogP contribution is 2.39. The van der Waals surface area contributed by atoms with Gasteiger partial charge < -0.3 is 5.32 Å². The molecule has 1 aromatic heterocycles. The van der Waals surface area contributed by atoms with Crippen molar-refractivity contribution in [3.8, 4) is 6.07 Å². The zero-order valence-electron chi connectivity index (χ0n) is 12.6. The molecule has 2 aliphatic rings. The van der Waals surface area contributed by atoms with Crippen molar-refractivity contribution in [2.24, 2.45) is 11.8 Å². The quantitative estimate of drug-likeness (QED) is 0.887. The molecule has 1 amide bonds. The topological polar surface area (TPSA) is 52.9 Å². The van der Waals surface area contributed by atoms with E-state index in [1.54, 1.807) is 11.3 Å². The molecule has 1 aromatic rings. The highest BCUT2D eigenvalue weighted by atomic mass is 32.1. The molecular weight excluding hydrogens is 280 g/mol. The first kappa shape index (κ1) is 14.6. The monoisotopic (exact) mass is 302 g/mol. The molecule has 0 spiro atoms. The summed E-state index contributed by atoms with van der Waals surface area (Å²) in [4.78, 5) is 13.7. The van der Waals surface area contributed by atoms with E-state index in [0.717, 1.165) is 49.1 Å². The zero-order chi connectivity index (χ0) is 14.8. The summed E-state index contributed by atoms with van der Waals surface area (Å²) in [6, 6.07) is 2.33. The van der Waals surface area contributed by atoms with Gasteiger partial charge in [0, 0.05) is 10.8 Å². The first-order chi connectivity index (χ1) is 10.2. The molecule has 3 nitrogen and oxygen atoms in total. The standard InChI is InChI=1S/C17H22N2OS/c1-11-7-8-15-13(9-11)14(10-18)17(21-15)19-16(20)12-5-3-2-4-6-12/h11-12H,2-9H2,1H3,(H,19,20). The van der Waals surface area contributed by atoms with Gasteiger partial charge in [0.05, 0.1) is 5.56 Å². The van der Waals surface area contributed by atoms with E-state index in [1.165, 1.54) is 23.3 Å². The van der Waals surface area contributed by atoms with Crippen LogP contribution in [0.3, 0.4) is 0 Å². The smallest absolute Gasteiger partial charge is 0.228 e. The van der Waals surface area contributed by atoms with Crippen LogP contribution in [0.25, 0.3) is 0 Å². The molecule has 1 atom stereocenters. The Morgan fingerprint density at radius 1 is 1.29 bits per heavy atom. The fraction of sp³-hybridized carbons (Fsp3) is 0.647. The van der Waals surface area contributed by atoms with Gasteiger partial charge in [-0.3, -0.25) is 4.79 Å². The molecule has 21 heavy (non-hydrogen) atoms. The summed E-state index contributed by atoms with van der Waals surface area (Å²) in [7, 11) is 0. The second-order valence-corrected chi connectivity index (χ2v) is 7.60. The van der Waals surface area contributed by atoms with E-state index in [4.69, 9.17) is 0 Å². The molecule has 1 heterocycles. The van der Waals surface area contributed by atoms with Gasteiger partial charge in [-0.1, -0.05) is 26.2 Å². The highest BCUT2D eigenvalue weighted by molar-refractivity contribution is 7.16. The third kappa shape index (κ3) is 2.98. The molecule has 112 valence electrons. The van der Waals surface area contributed by atoms with Gasteiger partial charge >= 0.3 is 0 Å². The lowest BCUT2D eigenvalue weighted by Crippen LogP contribution is -2.24. The van der Waals surface area contributed by atoms with Crippen molar-refractivity contribution in [2.75, 3.05) is 5.32 Å². The number of anilines is 1. The maximum Gasteiger partial charge on any atom is 0.228 e. The summed E-state index contributed by atoms with van der Waals surface area (Å²) in [5, 5.41) is 13.3. The van der Waals surface area contributed by atoms with Crippen molar-refractivity contribution in [3.05, 3.63) is 16.0 Å². The number of thiophene rings is 1. The Morgan fingerprint density at radius 2 is 2.05 bits per heavy atom. The lowest BCUT2D eigenvalue weighted by atomic mass is 9.87. The number of rotatable bonds is 2. The second kappa shape index (κ2) is 6.19. The van der Waals surface area contributed by atoms with Crippen LogP contribution >= 0.6 is 11.3 Å². The molecule has 0 aromatic carbocycles.